The number of halogens is 3. The van der Waals surface area contributed by atoms with Crippen molar-refractivity contribution in [1.29, 1.82) is 0 Å². The molecule has 28 heavy (non-hydrogen) atoms. The minimum atomic E-state index is -1.57. The minimum absolute atomic E-state index is 0.177. The zero-order valence-corrected chi connectivity index (χ0v) is 14.8. The molecule has 0 aliphatic rings. The maximum atomic E-state index is 13.7. The highest BCUT2D eigenvalue weighted by Gasteiger charge is 2.13. The van der Waals surface area contributed by atoms with Crippen molar-refractivity contribution in [3.05, 3.63) is 77.7 Å². The number of aryl methyl sites for hydroxylation is 1. The SMILES string of the molecule is Cc1ccc(OCC(=O)Nc2ccc(Nc3ccc(F)c(F)c3F)nc2)cc1. The van der Waals surface area contributed by atoms with Gasteiger partial charge in [-0.1, -0.05) is 17.7 Å². The third kappa shape index (κ3) is 4.79. The number of carbonyl (C=O) groups excluding carboxylic acids is 1. The summed E-state index contributed by atoms with van der Waals surface area (Å²) in [7, 11) is 0. The lowest BCUT2D eigenvalue weighted by molar-refractivity contribution is -0.118. The number of ether oxygens (including phenoxy) is 1. The number of rotatable bonds is 6. The maximum absolute atomic E-state index is 13.7. The molecular formula is C20H16F3N3O2. The van der Waals surface area contributed by atoms with Crippen LogP contribution >= 0.6 is 0 Å². The fraction of sp³-hybridized carbons (Fsp3) is 0.100. The molecule has 1 heterocycles. The van der Waals surface area contributed by atoms with Crippen molar-refractivity contribution < 1.29 is 22.7 Å². The molecule has 0 atom stereocenters. The second-order valence-corrected chi connectivity index (χ2v) is 5.93. The average molecular weight is 387 g/mol. The Balaban J connectivity index is 1.56. The molecule has 0 saturated heterocycles. The van der Waals surface area contributed by atoms with E-state index in [1.807, 2.05) is 19.1 Å². The highest BCUT2D eigenvalue weighted by atomic mass is 19.2. The molecule has 2 N–H and O–H groups in total. The van der Waals surface area contributed by atoms with E-state index in [1.165, 1.54) is 18.3 Å². The zero-order chi connectivity index (χ0) is 20.1. The van der Waals surface area contributed by atoms with E-state index in [1.54, 1.807) is 12.1 Å². The van der Waals surface area contributed by atoms with Crippen molar-refractivity contribution in [3.8, 4) is 5.75 Å². The number of benzene rings is 2. The Hall–Kier alpha value is -3.55. The topological polar surface area (TPSA) is 63.2 Å². The molecule has 0 aliphatic carbocycles. The van der Waals surface area contributed by atoms with Gasteiger partial charge in [0.1, 0.15) is 11.6 Å². The number of nitrogens with zero attached hydrogens (tertiary/aromatic N) is 1. The van der Waals surface area contributed by atoms with Crippen molar-refractivity contribution in [2.75, 3.05) is 17.2 Å². The molecule has 0 fully saturated rings. The van der Waals surface area contributed by atoms with E-state index in [0.29, 0.717) is 11.4 Å². The number of anilines is 3. The molecule has 0 aliphatic heterocycles. The Morgan fingerprint density at radius 3 is 2.43 bits per heavy atom. The van der Waals surface area contributed by atoms with E-state index in [9.17, 15) is 18.0 Å². The van der Waals surface area contributed by atoms with Crippen LogP contribution in [0.25, 0.3) is 0 Å². The molecule has 0 unspecified atom stereocenters. The summed E-state index contributed by atoms with van der Waals surface area (Å²) in [6.07, 6.45) is 1.34. The first-order chi connectivity index (χ1) is 13.4. The smallest absolute Gasteiger partial charge is 0.262 e. The lowest BCUT2D eigenvalue weighted by atomic mass is 10.2. The predicted octanol–water partition coefficient (Wildman–Crippen LogP) is 4.57. The van der Waals surface area contributed by atoms with Crippen molar-refractivity contribution in [3.63, 3.8) is 0 Å². The average Bonchev–Trinajstić information content (AvgIpc) is 2.69. The van der Waals surface area contributed by atoms with Gasteiger partial charge in [-0.05, 0) is 43.3 Å². The lowest BCUT2D eigenvalue weighted by Crippen LogP contribution is -2.20. The molecule has 8 heteroatoms. The largest absolute Gasteiger partial charge is 0.484 e. The van der Waals surface area contributed by atoms with Crippen LogP contribution in [0.2, 0.25) is 0 Å². The fourth-order valence-electron chi connectivity index (χ4n) is 2.28. The molecule has 1 amide bonds. The molecule has 144 valence electrons. The van der Waals surface area contributed by atoms with Gasteiger partial charge in [0, 0.05) is 0 Å². The summed E-state index contributed by atoms with van der Waals surface area (Å²) >= 11 is 0. The van der Waals surface area contributed by atoms with Crippen LogP contribution in [0.3, 0.4) is 0 Å². The van der Waals surface area contributed by atoms with Gasteiger partial charge in [-0.25, -0.2) is 18.2 Å². The number of hydrogen-bond acceptors (Lipinski definition) is 4. The van der Waals surface area contributed by atoms with Crippen LogP contribution in [-0.4, -0.2) is 17.5 Å². The van der Waals surface area contributed by atoms with Crippen molar-refractivity contribution in [2.24, 2.45) is 0 Å². The summed E-state index contributed by atoms with van der Waals surface area (Å²) in [6.45, 7) is 1.77. The highest BCUT2D eigenvalue weighted by molar-refractivity contribution is 5.91. The Morgan fingerprint density at radius 1 is 1.00 bits per heavy atom. The van der Waals surface area contributed by atoms with Gasteiger partial charge in [0.2, 0.25) is 0 Å². The molecule has 5 nitrogen and oxygen atoms in total. The fourth-order valence-corrected chi connectivity index (χ4v) is 2.28. The number of amides is 1. The van der Waals surface area contributed by atoms with E-state index in [0.717, 1.165) is 17.7 Å². The second-order valence-electron chi connectivity index (χ2n) is 5.93. The summed E-state index contributed by atoms with van der Waals surface area (Å²) in [5.74, 6) is -3.79. The second kappa shape index (κ2) is 8.43. The monoisotopic (exact) mass is 387 g/mol. The first-order valence-corrected chi connectivity index (χ1v) is 8.28. The lowest BCUT2D eigenvalue weighted by Gasteiger charge is -2.10. The summed E-state index contributed by atoms with van der Waals surface area (Å²) in [5.41, 5.74) is 1.23. The van der Waals surface area contributed by atoms with Crippen molar-refractivity contribution in [1.82, 2.24) is 4.98 Å². The quantitative estimate of drug-likeness (QED) is 0.609. The van der Waals surface area contributed by atoms with Crippen LogP contribution in [0, 0.1) is 24.4 Å². The maximum Gasteiger partial charge on any atom is 0.262 e. The van der Waals surface area contributed by atoms with E-state index in [4.69, 9.17) is 4.74 Å². The Kier molecular flexibility index (Phi) is 5.78. The van der Waals surface area contributed by atoms with Gasteiger partial charge in [-0.3, -0.25) is 4.79 Å². The number of carbonyl (C=O) groups is 1. The number of aromatic nitrogens is 1. The van der Waals surface area contributed by atoms with Crippen LogP contribution < -0.4 is 15.4 Å². The molecule has 0 spiro atoms. The predicted molar refractivity (Wildman–Crippen MR) is 99.1 cm³/mol. The van der Waals surface area contributed by atoms with Crippen LogP contribution in [-0.2, 0) is 4.79 Å². The Morgan fingerprint density at radius 2 is 1.75 bits per heavy atom. The number of nitrogens with one attached hydrogen (secondary N) is 2. The van der Waals surface area contributed by atoms with E-state index in [2.05, 4.69) is 15.6 Å². The Bertz CT molecular complexity index is 977. The first kappa shape index (κ1) is 19.2. The van der Waals surface area contributed by atoms with Gasteiger partial charge in [0.15, 0.2) is 24.1 Å². The molecule has 2 aromatic carbocycles. The van der Waals surface area contributed by atoms with Crippen LogP contribution in [0.15, 0.2) is 54.7 Å². The van der Waals surface area contributed by atoms with Crippen LogP contribution in [0.5, 0.6) is 5.75 Å². The molecule has 0 radical (unpaired) electrons. The van der Waals surface area contributed by atoms with Gasteiger partial charge in [0.25, 0.3) is 5.91 Å². The molecule has 3 rings (SSSR count). The molecule has 1 aromatic heterocycles. The summed E-state index contributed by atoms with van der Waals surface area (Å²) < 4.78 is 45.2. The van der Waals surface area contributed by atoms with Gasteiger partial charge in [0.05, 0.1) is 17.6 Å². The first-order valence-electron chi connectivity index (χ1n) is 8.28. The van der Waals surface area contributed by atoms with E-state index < -0.39 is 17.5 Å². The molecule has 0 saturated carbocycles. The van der Waals surface area contributed by atoms with Crippen molar-refractivity contribution in [2.45, 2.75) is 6.92 Å². The van der Waals surface area contributed by atoms with Crippen molar-refractivity contribution >= 4 is 23.1 Å². The number of hydrogen-bond donors (Lipinski definition) is 2. The summed E-state index contributed by atoms with van der Waals surface area (Å²) in [5, 5.41) is 5.15. The minimum Gasteiger partial charge on any atom is -0.484 e. The normalized spacial score (nSPS) is 10.4. The Labute approximate surface area is 159 Å². The number of pyridine rings is 1. The molecule has 3 aromatic rings. The highest BCUT2D eigenvalue weighted by Crippen LogP contribution is 2.23. The van der Waals surface area contributed by atoms with Gasteiger partial charge < -0.3 is 15.4 Å². The zero-order valence-electron chi connectivity index (χ0n) is 14.8. The van der Waals surface area contributed by atoms with Gasteiger partial charge in [-0.15, -0.1) is 0 Å². The molecule has 0 bridgehead atoms. The van der Waals surface area contributed by atoms with E-state index in [-0.39, 0.29) is 24.0 Å². The standard InChI is InChI=1S/C20H16F3N3O2/c1-12-2-5-14(6-3-12)28-11-18(27)25-13-4-9-17(24-10-13)26-16-8-7-15(21)19(22)20(16)23/h2-10H,11H2,1H3,(H,24,26)(H,25,27). The van der Waals surface area contributed by atoms with Crippen LogP contribution in [0.1, 0.15) is 5.56 Å². The van der Waals surface area contributed by atoms with E-state index >= 15 is 0 Å². The third-order valence-electron chi connectivity index (χ3n) is 3.74. The molecular weight excluding hydrogens is 371 g/mol. The van der Waals surface area contributed by atoms with Gasteiger partial charge >= 0.3 is 0 Å². The summed E-state index contributed by atoms with van der Waals surface area (Å²) in [4.78, 5) is 15.9. The van der Waals surface area contributed by atoms with Crippen LogP contribution in [0.4, 0.5) is 30.4 Å². The third-order valence-corrected chi connectivity index (χ3v) is 3.74. The summed E-state index contributed by atoms with van der Waals surface area (Å²) in [6, 6.07) is 12.1. The van der Waals surface area contributed by atoms with Gasteiger partial charge in [-0.2, -0.15) is 0 Å².